The topological polar surface area (TPSA) is 58.6 Å². The molecule has 0 spiro atoms. The second kappa shape index (κ2) is 10.1. The van der Waals surface area contributed by atoms with E-state index in [2.05, 4.69) is 19.2 Å². The van der Waals surface area contributed by atoms with Crippen LogP contribution in [0.5, 0.6) is 5.75 Å². The molecule has 0 bridgehead atoms. The Bertz CT molecular complexity index is 823. The lowest BCUT2D eigenvalue weighted by atomic mass is 10.0. The lowest BCUT2D eigenvalue weighted by Gasteiger charge is -2.28. The average molecular weight is 403 g/mol. The van der Waals surface area contributed by atoms with E-state index in [-0.39, 0.29) is 30.9 Å². The first-order valence-corrected chi connectivity index (χ1v) is 9.69. The van der Waals surface area contributed by atoms with Crippen LogP contribution >= 0.6 is 11.6 Å². The second-order valence-corrected chi connectivity index (χ2v) is 7.29. The van der Waals surface area contributed by atoms with Gasteiger partial charge in [-0.3, -0.25) is 9.59 Å². The van der Waals surface area contributed by atoms with Gasteiger partial charge in [0.05, 0.1) is 0 Å². The molecular formula is C22H27ClN2O3. The lowest BCUT2D eigenvalue weighted by Crippen LogP contribution is -2.48. The minimum Gasteiger partial charge on any atom is -0.483 e. The van der Waals surface area contributed by atoms with Crippen molar-refractivity contribution in [3.05, 3.63) is 64.7 Å². The van der Waals surface area contributed by atoms with Crippen LogP contribution in [-0.2, 0) is 16.1 Å². The number of nitrogens with one attached hydrogen (secondary N) is 1. The van der Waals surface area contributed by atoms with Crippen molar-refractivity contribution in [2.75, 3.05) is 13.7 Å². The fourth-order valence-corrected chi connectivity index (χ4v) is 3.11. The summed E-state index contributed by atoms with van der Waals surface area (Å²) in [6.45, 7) is 5.90. The third kappa shape index (κ3) is 5.49. The number of likely N-dealkylation sites (N-methyl/N-ethyl adjacent to an activating group) is 1. The molecule has 0 saturated heterocycles. The van der Waals surface area contributed by atoms with Crippen molar-refractivity contribution in [3.63, 3.8) is 0 Å². The van der Waals surface area contributed by atoms with Gasteiger partial charge in [0.1, 0.15) is 11.8 Å². The van der Waals surface area contributed by atoms with Crippen molar-refractivity contribution in [1.29, 1.82) is 0 Å². The third-order valence-corrected chi connectivity index (χ3v) is 4.97. The van der Waals surface area contributed by atoms with E-state index in [1.807, 2.05) is 42.5 Å². The van der Waals surface area contributed by atoms with Gasteiger partial charge in [-0.2, -0.15) is 0 Å². The number of hydrogen-bond acceptors (Lipinski definition) is 3. The molecule has 0 aliphatic heterocycles. The summed E-state index contributed by atoms with van der Waals surface area (Å²) in [5, 5.41) is 3.14. The summed E-state index contributed by atoms with van der Waals surface area (Å²) in [7, 11) is 1.55. The molecule has 6 heteroatoms. The first-order chi connectivity index (χ1) is 13.3. The Hall–Kier alpha value is -2.53. The molecule has 150 valence electrons. The van der Waals surface area contributed by atoms with Gasteiger partial charge in [0.2, 0.25) is 5.91 Å². The number of rotatable bonds is 8. The molecule has 0 aliphatic rings. The van der Waals surface area contributed by atoms with E-state index in [4.69, 9.17) is 16.3 Å². The van der Waals surface area contributed by atoms with Gasteiger partial charge >= 0.3 is 0 Å². The van der Waals surface area contributed by atoms with Crippen LogP contribution < -0.4 is 10.1 Å². The fraction of sp³-hybridized carbons (Fsp3) is 0.364. The molecule has 2 rings (SSSR count). The van der Waals surface area contributed by atoms with Crippen molar-refractivity contribution < 1.29 is 14.3 Å². The molecule has 1 atom stereocenters. The molecule has 0 unspecified atom stereocenters. The Morgan fingerprint density at radius 2 is 1.71 bits per heavy atom. The van der Waals surface area contributed by atoms with Crippen molar-refractivity contribution in [3.8, 4) is 5.75 Å². The molecule has 2 amide bonds. The van der Waals surface area contributed by atoms with E-state index in [9.17, 15) is 9.59 Å². The van der Waals surface area contributed by atoms with Crippen LogP contribution in [0.25, 0.3) is 0 Å². The summed E-state index contributed by atoms with van der Waals surface area (Å²) in [6.07, 6.45) is 0. The molecular weight excluding hydrogens is 376 g/mol. The number of ether oxygens (including phenoxy) is 1. The van der Waals surface area contributed by atoms with Gasteiger partial charge in [0, 0.05) is 18.6 Å². The van der Waals surface area contributed by atoms with Crippen LogP contribution in [0, 0.1) is 0 Å². The predicted molar refractivity (Wildman–Crippen MR) is 112 cm³/mol. The Balaban J connectivity index is 2.19. The van der Waals surface area contributed by atoms with Crippen LogP contribution in [-0.4, -0.2) is 36.4 Å². The van der Waals surface area contributed by atoms with Crippen LogP contribution in [0.1, 0.15) is 37.8 Å². The molecule has 2 aromatic carbocycles. The molecule has 28 heavy (non-hydrogen) atoms. The van der Waals surface area contributed by atoms with Gasteiger partial charge < -0.3 is 15.0 Å². The zero-order chi connectivity index (χ0) is 20.7. The second-order valence-electron chi connectivity index (χ2n) is 6.88. The summed E-state index contributed by atoms with van der Waals surface area (Å²) in [4.78, 5) is 26.6. The predicted octanol–water partition coefficient (Wildman–Crippen LogP) is 4.01. The summed E-state index contributed by atoms with van der Waals surface area (Å²) >= 11 is 6.25. The SMILES string of the molecule is CNC(=O)[C@@H](C)N(Cc1ccccc1Cl)C(=O)COc1ccccc1C(C)C. The number of nitrogens with zero attached hydrogens (tertiary/aromatic N) is 1. The number of halogens is 1. The molecule has 2 aromatic rings. The first-order valence-electron chi connectivity index (χ1n) is 9.31. The molecule has 5 nitrogen and oxygen atoms in total. The van der Waals surface area contributed by atoms with Crippen molar-refractivity contribution in [2.24, 2.45) is 0 Å². The quantitative estimate of drug-likeness (QED) is 0.725. The maximum absolute atomic E-state index is 13.0. The number of carbonyl (C=O) groups excluding carboxylic acids is 2. The van der Waals surface area contributed by atoms with Crippen LogP contribution in [0.15, 0.2) is 48.5 Å². The van der Waals surface area contributed by atoms with Gasteiger partial charge in [0.25, 0.3) is 5.91 Å². The summed E-state index contributed by atoms with van der Waals surface area (Å²) in [5.74, 6) is 0.420. The van der Waals surface area contributed by atoms with Crippen molar-refractivity contribution in [1.82, 2.24) is 10.2 Å². The highest BCUT2D eigenvalue weighted by atomic mass is 35.5. The Labute approximate surface area is 171 Å². The lowest BCUT2D eigenvalue weighted by molar-refractivity contribution is -0.142. The molecule has 0 aliphatic carbocycles. The minimum absolute atomic E-state index is 0.157. The number of hydrogen-bond donors (Lipinski definition) is 1. The molecule has 0 radical (unpaired) electrons. The fourth-order valence-electron chi connectivity index (χ4n) is 2.91. The third-order valence-electron chi connectivity index (χ3n) is 4.60. The van der Waals surface area contributed by atoms with E-state index in [1.54, 1.807) is 20.0 Å². The van der Waals surface area contributed by atoms with Crippen molar-refractivity contribution in [2.45, 2.75) is 39.3 Å². The zero-order valence-corrected chi connectivity index (χ0v) is 17.5. The van der Waals surface area contributed by atoms with E-state index in [1.165, 1.54) is 4.90 Å². The molecule has 0 saturated carbocycles. The summed E-state index contributed by atoms with van der Waals surface area (Å²) in [6, 6.07) is 14.3. The zero-order valence-electron chi connectivity index (χ0n) is 16.7. The van der Waals surface area contributed by atoms with Gasteiger partial charge in [0.15, 0.2) is 6.61 Å². The highest BCUT2D eigenvalue weighted by molar-refractivity contribution is 6.31. The van der Waals surface area contributed by atoms with E-state index < -0.39 is 6.04 Å². The van der Waals surface area contributed by atoms with Gasteiger partial charge in [-0.05, 0) is 36.1 Å². The molecule has 1 N–H and O–H groups in total. The standard InChI is InChI=1S/C22H27ClN2O3/c1-15(2)18-10-6-8-12-20(18)28-14-21(26)25(16(3)22(27)24-4)13-17-9-5-7-11-19(17)23/h5-12,15-16H,13-14H2,1-4H3,(H,24,27)/t16-/m1/s1. The van der Waals surface area contributed by atoms with Crippen LogP contribution in [0.2, 0.25) is 5.02 Å². The number of carbonyl (C=O) groups is 2. The van der Waals surface area contributed by atoms with Gasteiger partial charge in [-0.15, -0.1) is 0 Å². The Kier molecular flexibility index (Phi) is 7.88. The Morgan fingerprint density at radius 1 is 1.07 bits per heavy atom. The highest BCUT2D eigenvalue weighted by Gasteiger charge is 2.26. The largest absolute Gasteiger partial charge is 0.483 e. The molecule has 0 fully saturated rings. The Morgan fingerprint density at radius 3 is 2.36 bits per heavy atom. The minimum atomic E-state index is -0.655. The van der Waals surface area contributed by atoms with Crippen molar-refractivity contribution >= 4 is 23.4 Å². The van der Waals surface area contributed by atoms with Crippen LogP contribution in [0.4, 0.5) is 0 Å². The van der Waals surface area contributed by atoms with Gasteiger partial charge in [-0.1, -0.05) is 61.8 Å². The smallest absolute Gasteiger partial charge is 0.261 e. The summed E-state index contributed by atoms with van der Waals surface area (Å²) < 4.78 is 5.82. The highest BCUT2D eigenvalue weighted by Crippen LogP contribution is 2.26. The number of para-hydroxylation sites is 1. The van der Waals surface area contributed by atoms with E-state index >= 15 is 0 Å². The number of benzene rings is 2. The van der Waals surface area contributed by atoms with E-state index in [0.29, 0.717) is 10.8 Å². The summed E-state index contributed by atoms with van der Waals surface area (Å²) in [5.41, 5.74) is 1.81. The molecule has 0 aromatic heterocycles. The van der Waals surface area contributed by atoms with E-state index in [0.717, 1.165) is 11.1 Å². The number of amides is 2. The molecule has 0 heterocycles. The first kappa shape index (κ1) is 21.8. The monoisotopic (exact) mass is 402 g/mol. The maximum Gasteiger partial charge on any atom is 0.261 e. The van der Waals surface area contributed by atoms with Gasteiger partial charge in [-0.25, -0.2) is 0 Å². The maximum atomic E-state index is 13.0. The average Bonchev–Trinajstić information content (AvgIpc) is 2.70. The normalized spacial score (nSPS) is 11.8. The van der Waals surface area contributed by atoms with Crippen LogP contribution in [0.3, 0.4) is 0 Å².